The van der Waals surface area contributed by atoms with Gasteiger partial charge in [0.05, 0.1) is 12.3 Å². The van der Waals surface area contributed by atoms with Crippen LogP contribution >= 0.6 is 0 Å². The maximum Gasteiger partial charge on any atom is 0.0947 e. The Bertz CT molecular complexity index is 87.0. The minimum Gasteiger partial charge on any atom is -0.360 e. The number of hydrogen-bond acceptors (Lipinski definition) is 2. The van der Waals surface area contributed by atoms with Gasteiger partial charge in [-0.15, -0.1) is 0 Å². The van der Waals surface area contributed by atoms with Gasteiger partial charge < -0.3 is 10.5 Å². The van der Waals surface area contributed by atoms with Crippen molar-refractivity contribution < 1.29 is 4.74 Å². The van der Waals surface area contributed by atoms with Crippen molar-refractivity contribution in [2.45, 2.75) is 58.5 Å². The zero-order valence-electron chi connectivity index (χ0n) is 8.73. The zero-order chi connectivity index (χ0) is 9.45. The summed E-state index contributed by atoms with van der Waals surface area (Å²) in [5, 5.41) is 0. The first-order valence-corrected chi connectivity index (χ1v) is 5.08. The molecule has 0 rings (SSSR count). The molecule has 0 saturated heterocycles. The largest absolute Gasteiger partial charge is 0.360 e. The molecule has 0 spiro atoms. The van der Waals surface area contributed by atoms with Gasteiger partial charge in [-0.25, -0.2) is 0 Å². The summed E-state index contributed by atoms with van der Waals surface area (Å²) >= 11 is 0. The van der Waals surface area contributed by atoms with Crippen molar-refractivity contribution in [1.82, 2.24) is 0 Å². The molecule has 0 amide bonds. The fourth-order valence-corrected chi connectivity index (χ4v) is 1.81. The van der Waals surface area contributed by atoms with Crippen LogP contribution in [0.25, 0.3) is 0 Å². The first-order chi connectivity index (χ1) is 5.74. The first-order valence-electron chi connectivity index (χ1n) is 5.08. The van der Waals surface area contributed by atoms with Crippen LogP contribution in [0.3, 0.4) is 0 Å². The lowest BCUT2D eigenvalue weighted by Gasteiger charge is -2.32. The second kappa shape index (κ2) is 6.44. The molecule has 2 nitrogen and oxygen atoms in total. The number of rotatable bonds is 7. The van der Waals surface area contributed by atoms with Gasteiger partial charge in [-0.1, -0.05) is 33.6 Å². The highest BCUT2D eigenvalue weighted by molar-refractivity contribution is 4.77. The van der Waals surface area contributed by atoms with Gasteiger partial charge in [-0.2, -0.15) is 0 Å². The predicted molar refractivity (Wildman–Crippen MR) is 53.0 cm³/mol. The molecule has 74 valence electrons. The quantitative estimate of drug-likeness (QED) is 0.601. The molecular formula is C10H23NO. The molecule has 0 aromatic carbocycles. The Labute approximate surface area is 76.5 Å². The molecule has 0 fully saturated rings. The Morgan fingerprint density at radius 2 is 1.58 bits per heavy atom. The number of ether oxygens (including phenoxy) is 1. The lowest BCUT2D eigenvalue weighted by Crippen LogP contribution is -2.33. The van der Waals surface area contributed by atoms with Crippen LogP contribution in [0.1, 0.15) is 52.9 Å². The van der Waals surface area contributed by atoms with Crippen LogP contribution in [0.4, 0.5) is 0 Å². The van der Waals surface area contributed by atoms with Crippen molar-refractivity contribution in [3.05, 3.63) is 0 Å². The van der Waals surface area contributed by atoms with Crippen molar-refractivity contribution in [2.75, 3.05) is 6.73 Å². The average molecular weight is 173 g/mol. The third-order valence-electron chi connectivity index (χ3n) is 2.45. The Kier molecular flexibility index (Phi) is 6.39. The SMILES string of the molecule is CCCC(CC)(CCC)OCN. The minimum absolute atomic E-state index is 0.0677. The van der Waals surface area contributed by atoms with E-state index in [9.17, 15) is 0 Å². The van der Waals surface area contributed by atoms with E-state index in [1.54, 1.807) is 0 Å². The van der Waals surface area contributed by atoms with Gasteiger partial charge in [0.25, 0.3) is 0 Å². The molecule has 0 radical (unpaired) electrons. The molecular weight excluding hydrogens is 150 g/mol. The van der Waals surface area contributed by atoms with Crippen LogP contribution in [-0.4, -0.2) is 12.3 Å². The van der Waals surface area contributed by atoms with Crippen LogP contribution in [-0.2, 0) is 4.74 Å². The maximum atomic E-state index is 5.64. The summed E-state index contributed by atoms with van der Waals surface area (Å²) in [7, 11) is 0. The molecule has 2 N–H and O–H groups in total. The summed E-state index contributed by atoms with van der Waals surface area (Å²) in [6.07, 6.45) is 5.69. The lowest BCUT2D eigenvalue weighted by atomic mass is 9.90. The van der Waals surface area contributed by atoms with E-state index >= 15 is 0 Å². The molecule has 0 aromatic heterocycles. The summed E-state index contributed by atoms with van der Waals surface area (Å²) in [5.74, 6) is 0. The van der Waals surface area contributed by atoms with E-state index in [0.29, 0.717) is 6.73 Å². The highest BCUT2D eigenvalue weighted by Crippen LogP contribution is 2.27. The van der Waals surface area contributed by atoms with E-state index in [0.717, 1.165) is 19.3 Å². The molecule has 0 aliphatic rings. The van der Waals surface area contributed by atoms with Gasteiger partial charge in [0.15, 0.2) is 0 Å². The van der Waals surface area contributed by atoms with Crippen molar-refractivity contribution in [2.24, 2.45) is 5.73 Å². The van der Waals surface area contributed by atoms with Crippen LogP contribution < -0.4 is 5.73 Å². The molecule has 0 atom stereocenters. The first kappa shape index (κ1) is 11.9. The standard InChI is InChI=1S/C10H23NO/c1-4-7-10(6-3,8-5-2)12-9-11/h4-9,11H2,1-3H3. The van der Waals surface area contributed by atoms with Crippen LogP contribution in [0.5, 0.6) is 0 Å². The maximum absolute atomic E-state index is 5.64. The van der Waals surface area contributed by atoms with E-state index in [1.165, 1.54) is 12.8 Å². The van der Waals surface area contributed by atoms with Gasteiger partial charge in [0.2, 0.25) is 0 Å². The Hall–Kier alpha value is -0.0800. The van der Waals surface area contributed by atoms with Crippen molar-refractivity contribution in [3.8, 4) is 0 Å². The van der Waals surface area contributed by atoms with Gasteiger partial charge >= 0.3 is 0 Å². The molecule has 0 heterocycles. The van der Waals surface area contributed by atoms with Crippen LogP contribution in [0.15, 0.2) is 0 Å². The molecule has 0 aliphatic carbocycles. The summed E-state index contributed by atoms with van der Waals surface area (Å²) in [4.78, 5) is 0. The monoisotopic (exact) mass is 173 g/mol. The van der Waals surface area contributed by atoms with Gasteiger partial charge in [0.1, 0.15) is 0 Å². The Balaban J connectivity index is 4.06. The highest BCUT2D eigenvalue weighted by atomic mass is 16.5. The van der Waals surface area contributed by atoms with Crippen molar-refractivity contribution >= 4 is 0 Å². The molecule has 0 aliphatic heterocycles. The second-order valence-corrected chi connectivity index (χ2v) is 3.35. The number of hydrogen-bond donors (Lipinski definition) is 1. The third-order valence-corrected chi connectivity index (χ3v) is 2.45. The molecule has 12 heavy (non-hydrogen) atoms. The molecule has 2 heteroatoms. The zero-order valence-corrected chi connectivity index (χ0v) is 8.73. The van der Waals surface area contributed by atoms with Crippen LogP contribution in [0, 0.1) is 0 Å². The fourth-order valence-electron chi connectivity index (χ4n) is 1.81. The van der Waals surface area contributed by atoms with Gasteiger partial charge in [-0.3, -0.25) is 0 Å². The summed E-state index contributed by atoms with van der Waals surface area (Å²) in [6, 6.07) is 0. The van der Waals surface area contributed by atoms with Crippen molar-refractivity contribution in [3.63, 3.8) is 0 Å². The summed E-state index contributed by atoms with van der Waals surface area (Å²) < 4.78 is 5.64. The lowest BCUT2D eigenvalue weighted by molar-refractivity contribution is -0.0586. The topological polar surface area (TPSA) is 35.2 Å². The molecule has 0 bridgehead atoms. The molecule has 0 saturated carbocycles. The van der Waals surface area contributed by atoms with E-state index < -0.39 is 0 Å². The van der Waals surface area contributed by atoms with Gasteiger partial charge in [0, 0.05) is 0 Å². The van der Waals surface area contributed by atoms with E-state index in [2.05, 4.69) is 20.8 Å². The van der Waals surface area contributed by atoms with E-state index in [1.807, 2.05) is 0 Å². The number of nitrogens with two attached hydrogens (primary N) is 1. The Morgan fingerprint density at radius 1 is 1.08 bits per heavy atom. The normalized spacial score (nSPS) is 12.0. The summed E-state index contributed by atoms with van der Waals surface area (Å²) in [6.45, 7) is 6.93. The third kappa shape index (κ3) is 3.55. The minimum atomic E-state index is 0.0677. The van der Waals surface area contributed by atoms with Crippen molar-refractivity contribution in [1.29, 1.82) is 0 Å². The second-order valence-electron chi connectivity index (χ2n) is 3.35. The predicted octanol–water partition coefficient (Wildman–Crippen LogP) is 2.67. The fraction of sp³-hybridized carbons (Fsp3) is 1.00. The smallest absolute Gasteiger partial charge is 0.0947 e. The van der Waals surface area contributed by atoms with E-state index in [-0.39, 0.29) is 5.60 Å². The van der Waals surface area contributed by atoms with E-state index in [4.69, 9.17) is 10.5 Å². The molecule has 0 aromatic rings. The molecule has 0 unspecified atom stereocenters. The van der Waals surface area contributed by atoms with Crippen LogP contribution in [0.2, 0.25) is 0 Å². The Morgan fingerprint density at radius 3 is 1.83 bits per heavy atom. The average Bonchev–Trinajstić information content (AvgIpc) is 2.06. The highest BCUT2D eigenvalue weighted by Gasteiger charge is 2.26. The summed E-state index contributed by atoms with van der Waals surface area (Å²) in [5.41, 5.74) is 5.50. The van der Waals surface area contributed by atoms with Gasteiger partial charge in [-0.05, 0) is 19.3 Å².